The largest absolute Gasteiger partial charge is 0.495 e. The number of dihydropyridines is 1. The molecule has 1 aromatic rings. The maximum Gasteiger partial charge on any atom is 0.188 e. The van der Waals surface area contributed by atoms with Gasteiger partial charge in [-0.3, -0.25) is 0 Å². The van der Waals surface area contributed by atoms with Crippen LogP contribution in [0.2, 0.25) is 0 Å². The highest BCUT2D eigenvalue weighted by Crippen LogP contribution is 2.27. The van der Waals surface area contributed by atoms with Crippen molar-refractivity contribution in [2.24, 2.45) is 0 Å². The van der Waals surface area contributed by atoms with Gasteiger partial charge in [-0.1, -0.05) is 36.2 Å². The molecule has 0 aliphatic carbocycles. The number of allylic oxidation sites excluding steroid dienone is 2. The topological polar surface area (TPSA) is 56.0 Å². The molecule has 3 heteroatoms. The summed E-state index contributed by atoms with van der Waals surface area (Å²) in [5.74, 6) is 0.214. The van der Waals surface area contributed by atoms with Gasteiger partial charge in [0.1, 0.15) is 0 Å². The van der Waals surface area contributed by atoms with Crippen LogP contribution in [0.4, 0.5) is 0 Å². The monoisotopic (exact) mass is 268 g/mol. The van der Waals surface area contributed by atoms with Gasteiger partial charge in [-0.2, -0.15) is 5.26 Å². The smallest absolute Gasteiger partial charge is 0.188 e. The van der Waals surface area contributed by atoms with Crippen LogP contribution in [0.5, 0.6) is 0 Å². The highest BCUT2D eigenvalue weighted by atomic mass is 16.3. The molecule has 1 heterocycles. The first-order valence-electron chi connectivity index (χ1n) is 6.90. The Kier molecular flexibility index (Phi) is 4.14. The number of aryl methyl sites for hydroxylation is 2. The fourth-order valence-corrected chi connectivity index (χ4v) is 2.79. The molecular formula is C17H20N2O. The Morgan fingerprint density at radius 3 is 2.40 bits per heavy atom. The maximum atomic E-state index is 9.96. The van der Waals surface area contributed by atoms with Gasteiger partial charge >= 0.3 is 0 Å². The fourth-order valence-electron chi connectivity index (χ4n) is 2.79. The molecule has 0 amide bonds. The Morgan fingerprint density at radius 1 is 1.20 bits per heavy atom. The van der Waals surface area contributed by atoms with E-state index in [-0.39, 0.29) is 5.88 Å². The molecule has 20 heavy (non-hydrogen) atoms. The zero-order valence-corrected chi connectivity index (χ0v) is 12.2. The van der Waals surface area contributed by atoms with Crippen molar-refractivity contribution >= 4 is 0 Å². The van der Waals surface area contributed by atoms with E-state index in [1.54, 1.807) is 0 Å². The number of aliphatic hydroxyl groups is 1. The summed E-state index contributed by atoms with van der Waals surface area (Å²) in [7, 11) is 0. The lowest BCUT2D eigenvalue weighted by Crippen LogP contribution is -2.25. The van der Waals surface area contributed by atoms with Crippen molar-refractivity contribution in [1.29, 1.82) is 5.26 Å². The molecule has 1 aliphatic heterocycles. The van der Waals surface area contributed by atoms with Crippen LogP contribution in [0.15, 0.2) is 40.8 Å². The van der Waals surface area contributed by atoms with E-state index in [0.717, 1.165) is 16.7 Å². The maximum absolute atomic E-state index is 9.96. The van der Waals surface area contributed by atoms with Crippen molar-refractivity contribution < 1.29 is 5.11 Å². The number of nitrogens with zero attached hydrogens (tertiary/aromatic N) is 1. The standard InChI is InChI=1S/C17H20N2O/c1-4-15-16(14(9-18)10-19-17(15)20)8-13-6-11(2)5-12(3)7-13/h5-7,19-20H,4,8,10H2,1-3H3. The summed E-state index contributed by atoms with van der Waals surface area (Å²) < 4.78 is 0. The number of aliphatic hydroxyl groups excluding tert-OH is 1. The predicted molar refractivity (Wildman–Crippen MR) is 80.2 cm³/mol. The molecular weight excluding hydrogens is 248 g/mol. The van der Waals surface area contributed by atoms with E-state index in [0.29, 0.717) is 19.4 Å². The summed E-state index contributed by atoms with van der Waals surface area (Å²) in [5.41, 5.74) is 6.17. The first kappa shape index (κ1) is 14.2. The minimum absolute atomic E-state index is 0.214. The summed E-state index contributed by atoms with van der Waals surface area (Å²) in [6.45, 7) is 6.56. The van der Waals surface area contributed by atoms with Crippen molar-refractivity contribution in [1.82, 2.24) is 5.32 Å². The lowest BCUT2D eigenvalue weighted by atomic mass is 9.89. The van der Waals surface area contributed by atoms with Crippen LogP contribution in [-0.4, -0.2) is 11.7 Å². The number of hydrogen-bond acceptors (Lipinski definition) is 3. The second-order valence-corrected chi connectivity index (χ2v) is 5.28. The van der Waals surface area contributed by atoms with E-state index in [4.69, 9.17) is 0 Å². The van der Waals surface area contributed by atoms with Gasteiger partial charge in [-0.05, 0) is 37.8 Å². The summed E-state index contributed by atoms with van der Waals surface area (Å²) in [4.78, 5) is 0. The summed E-state index contributed by atoms with van der Waals surface area (Å²) in [6, 6.07) is 8.68. The number of nitriles is 1. The Morgan fingerprint density at radius 2 is 1.85 bits per heavy atom. The van der Waals surface area contributed by atoms with E-state index >= 15 is 0 Å². The predicted octanol–water partition coefficient (Wildman–Crippen LogP) is 3.45. The third-order valence-electron chi connectivity index (χ3n) is 3.60. The van der Waals surface area contributed by atoms with E-state index < -0.39 is 0 Å². The molecule has 0 spiro atoms. The van der Waals surface area contributed by atoms with E-state index in [1.165, 1.54) is 16.7 Å². The van der Waals surface area contributed by atoms with Crippen molar-refractivity contribution in [3.63, 3.8) is 0 Å². The van der Waals surface area contributed by atoms with Gasteiger partial charge in [0.05, 0.1) is 18.2 Å². The molecule has 0 radical (unpaired) electrons. The van der Waals surface area contributed by atoms with Crippen LogP contribution < -0.4 is 5.32 Å². The summed E-state index contributed by atoms with van der Waals surface area (Å²) in [5, 5.41) is 22.1. The molecule has 0 saturated carbocycles. The molecule has 3 nitrogen and oxygen atoms in total. The van der Waals surface area contributed by atoms with Crippen LogP contribution >= 0.6 is 0 Å². The minimum atomic E-state index is 0.214. The highest BCUT2D eigenvalue weighted by molar-refractivity contribution is 5.49. The van der Waals surface area contributed by atoms with Crippen molar-refractivity contribution in [3.05, 3.63) is 57.5 Å². The normalized spacial score (nSPS) is 15.1. The Balaban J connectivity index is 2.43. The molecule has 0 fully saturated rings. The second kappa shape index (κ2) is 5.83. The van der Waals surface area contributed by atoms with E-state index in [2.05, 4.69) is 43.4 Å². The van der Waals surface area contributed by atoms with Crippen LogP contribution in [0.3, 0.4) is 0 Å². The van der Waals surface area contributed by atoms with Crippen molar-refractivity contribution in [3.8, 4) is 6.07 Å². The van der Waals surface area contributed by atoms with Gasteiger partial charge in [-0.25, -0.2) is 0 Å². The molecule has 0 unspecified atom stereocenters. The summed E-state index contributed by atoms with van der Waals surface area (Å²) >= 11 is 0. The molecule has 1 aliphatic rings. The third kappa shape index (κ3) is 2.85. The molecule has 0 atom stereocenters. The highest BCUT2D eigenvalue weighted by Gasteiger charge is 2.20. The van der Waals surface area contributed by atoms with E-state index in [1.807, 2.05) is 6.92 Å². The van der Waals surface area contributed by atoms with Crippen LogP contribution in [0.1, 0.15) is 30.0 Å². The molecule has 0 bridgehead atoms. The first-order valence-corrected chi connectivity index (χ1v) is 6.90. The Bertz CT molecular complexity index is 613. The van der Waals surface area contributed by atoms with Gasteiger partial charge in [0.25, 0.3) is 0 Å². The Labute approximate surface area is 120 Å². The molecule has 2 N–H and O–H groups in total. The van der Waals surface area contributed by atoms with Crippen molar-refractivity contribution in [2.75, 3.05) is 6.54 Å². The molecule has 0 aromatic heterocycles. The first-order chi connectivity index (χ1) is 9.55. The SMILES string of the molecule is CCC1=C(O)NCC(C#N)=C1Cc1cc(C)cc(C)c1. The van der Waals surface area contributed by atoms with Crippen LogP contribution in [0, 0.1) is 25.2 Å². The third-order valence-corrected chi connectivity index (χ3v) is 3.60. The minimum Gasteiger partial charge on any atom is -0.495 e. The summed E-state index contributed by atoms with van der Waals surface area (Å²) in [6.07, 6.45) is 1.41. The molecule has 0 saturated heterocycles. The van der Waals surface area contributed by atoms with Gasteiger partial charge in [0.15, 0.2) is 5.88 Å². The number of hydrogen-bond donors (Lipinski definition) is 2. The fraction of sp³-hybridized carbons (Fsp3) is 0.353. The van der Waals surface area contributed by atoms with Gasteiger partial charge < -0.3 is 10.4 Å². The van der Waals surface area contributed by atoms with Crippen molar-refractivity contribution in [2.45, 2.75) is 33.6 Å². The number of rotatable bonds is 3. The number of benzene rings is 1. The Hall–Kier alpha value is -2.21. The average molecular weight is 268 g/mol. The second-order valence-electron chi connectivity index (χ2n) is 5.28. The van der Waals surface area contributed by atoms with Gasteiger partial charge in [0.2, 0.25) is 0 Å². The molecule has 104 valence electrons. The lowest BCUT2D eigenvalue weighted by molar-refractivity contribution is 0.357. The average Bonchev–Trinajstić information content (AvgIpc) is 2.38. The zero-order chi connectivity index (χ0) is 14.7. The molecule has 1 aromatic carbocycles. The number of nitrogens with one attached hydrogen (secondary N) is 1. The zero-order valence-electron chi connectivity index (χ0n) is 12.2. The van der Waals surface area contributed by atoms with Crippen LogP contribution in [0.25, 0.3) is 0 Å². The molecule has 2 rings (SSSR count). The van der Waals surface area contributed by atoms with E-state index in [9.17, 15) is 10.4 Å². The van der Waals surface area contributed by atoms with Crippen LogP contribution in [-0.2, 0) is 6.42 Å². The quantitative estimate of drug-likeness (QED) is 0.882. The lowest BCUT2D eigenvalue weighted by Gasteiger charge is -2.21. The van der Waals surface area contributed by atoms with Gasteiger partial charge in [0, 0.05) is 5.57 Å². The van der Waals surface area contributed by atoms with Gasteiger partial charge in [-0.15, -0.1) is 0 Å².